The fourth-order valence-electron chi connectivity index (χ4n) is 2.94. The zero-order valence-corrected chi connectivity index (χ0v) is 14.5. The number of carboxylic acids is 1. The van der Waals surface area contributed by atoms with Crippen LogP contribution in [0.4, 0.5) is 0 Å². The Hall–Kier alpha value is -2.67. The summed E-state index contributed by atoms with van der Waals surface area (Å²) in [5.41, 5.74) is 1.79. The van der Waals surface area contributed by atoms with Crippen LogP contribution in [0, 0.1) is 6.92 Å². The number of para-hydroxylation sites is 1. The molecule has 0 spiro atoms. The van der Waals surface area contributed by atoms with Crippen molar-refractivity contribution >= 4 is 33.4 Å². The fourth-order valence-corrected chi connectivity index (χ4v) is 4.08. The number of nitrogens with zero attached hydrogens (tertiary/aromatic N) is 3. The highest BCUT2D eigenvalue weighted by atomic mass is 32.1. The van der Waals surface area contributed by atoms with Gasteiger partial charge in [-0.05, 0) is 38.0 Å². The van der Waals surface area contributed by atoms with Crippen molar-refractivity contribution < 1.29 is 14.7 Å². The van der Waals surface area contributed by atoms with Crippen LogP contribution in [0.1, 0.15) is 28.2 Å². The van der Waals surface area contributed by atoms with Crippen LogP contribution in [0.3, 0.4) is 0 Å². The Labute approximate surface area is 148 Å². The molecule has 1 N–H and O–H groups in total. The minimum atomic E-state index is -0.979. The number of aromatic nitrogens is 2. The van der Waals surface area contributed by atoms with Crippen molar-refractivity contribution in [1.29, 1.82) is 0 Å². The molecule has 0 unspecified atom stereocenters. The number of carboxylic acid groups (broad SMARTS) is 1. The molecule has 1 aliphatic rings. The van der Waals surface area contributed by atoms with E-state index >= 15 is 0 Å². The molecule has 1 aromatic carbocycles. The summed E-state index contributed by atoms with van der Waals surface area (Å²) in [5.74, 6) is -1.18. The smallest absolute Gasteiger partial charge is 0.323 e. The van der Waals surface area contributed by atoms with Crippen LogP contribution >= 0.6 is 11.3 Å². The van der Waals surface area contributed by atoms with E-state index in [1.54, 1.807) is 0 Å². The molecule has 1 aliphatic carbocycles. The van der Waals surface area contributed by atoms with Gasteiger partial charge in [0.1, 0.15) is 11.4 Å². The molecule has 0 aliphatic heterocycles. The lowest BCUT2D eigenvalue weighted by Gasteiger charge is -2.19. The van der Waals surface area contributed by atoms with Crippen molar-refractivity contribution in [3.05, 3.63) is 47.0 Å². The zero-order chi connectivity index (χ0) is 17.6. The second-order valence-corrected chi connectivity index (χ2v) is 7.25. The minimum absolute atomic E-state index is 0.0560. The molecule has 128 valence electrons. The van der Waals surface area contributed by atoms with Crippen LogP contribution in [0.5, 0.6) is 0 Å². The Bertz CT molecular complexity index is 957. The van der Waals surface area contributed by atoms with E-state index < -0.39 is 5.97 Å². The largest absolute Gasteiger partial charge is 0.480 e. The predicted molar refractivity (Wildman–Crippen MR) is 95.4 cm³/mol. The zero-order valence-electron chi connectivity index (χ0n) is 13.7. The Morgan fingerprint density at radius 1 is 1.32 bits per heavy atom. The van der Waals surface area contributed by atoms with Gasteiger partial charge in [0.2, 0.25) is 0 Å². The number of aliphatic carboxylic acids is 1. The summed E-state index contributed by atoms with van der Waals surface area (Å²) in [6.45, 7) is 1.67. The van der Waals surface area contributed by atoms with E-state index in [-0.39, 0.29) is 18.5 Å². The number of aryl methyl sites for hydroxylation is 1. The van der Waals surface area contributed by atoms with Gasteiger partial charge in [-0.2, -0.15) is 5.10 Å². The van der Waals surface area contributed by atoms with Crippen molar-refractivity contribution in [2.75, 3.05) is 6.54 Å². The molecule has 2 aromatic heterocycles. The number of hydrogen-bond donors (Lipinski definition) is 1. The third-order valence-corrected chi connectivity index (χ3v) is 5.41. The number of hydrogen-bond acceptors (Lipinski definition) is 4. The van der Waals surface area contributed by atoms with Crippen LogP contribution in [0.15, 0.2) is 36.4 Å². The molecule has 0 atom stereocenters. The summed E-state index contributed by atoms with van der Waals surface area (Å²) in [6, 6.07) is 11.7. The fraction of sp³-hybridized carbons (Fsp3) is 0.278. The third-order valence-electron chi connectivity index (χ3n) is 4.31. The van der Waals surface area contributed by atoms with Gasteiger partial charge in [0.05, 0.1) is 16.3 Å². The lowest BCUT2D eigenvalue weighted by atomic mass is 10.3. The van der Waals surface area contributed by atoms with Crippen molar-refractivity contribution in [3.8, 4) is 5.69 Å². The molecule has 1 fully saturated rings. The number of benzene rings is 1. The molecule has 3 aromatic rings. The normalized spacial score (nSPS) is 14.0. The first kappa shape index (κ1) is 15.8. The second-order valence-electron chi connectivity index (χ2n) is 6.22. The maximum atomic E-state index is 12.8. The van der Waals surface area contributed by atoms with Gasteiger partial charge in [0, 0.05) is 11.4 Å². The molecule has 6 nitrogen and oxygen atoms in total. The first-order valence-electron chi connectivity index (χ1n) is 8.12. The Morgan fingerprint density at radius 2 is 2.04 bits per heavy atom. The Balaban J connectivity index is 1.74. The number of carbonyl (C=O) groups excluding carboxylic acids is 1. The van der Waals surface area contributed by atoms with Gasteiger partial charge in [0.25, 0.3) is 5.91 Å². The highest BCUT2D eigenvalue weighted by molar-refractivity contribution is 7.20. The molecular weight excluding hydrogens is 338 g/mol. The maximum Gasteiger partial charge on any atom is 0.323 e. The van der Waals surface area contributed by atoms with Gasteiger partial charge in [-0.1, -0.05) is 18.2 Å². The quantitative estimate of drug-likeness (QED) is 0.763. The van der Waals surface area contributed by atoms with Crippen molar-refractivity contribution in [2.45, 2.75) is 25.8 Å². The highest BCUT2D eigenvalue weighted by Crippen LogP contribution is 2.34. The van der Waals surface area contributed by atoms with E-state index in [0.717, 1.165) is 34.4 Å². The molecule has 1 amide bonds. The summed E-state index contributed by atoms with van der Waals surface area (Å²) in [5, 5.41) is 14.6. The van der Waals surface area contributed by atoms with Crippen molar-refractivity contribution in [3.63, 3.8) is 0 Å². The van der Waals surface area contributed by atoms with E-state index in [2.05, 4.69) is 5.10 Å². The van der Waals surface area contributed by atoms with Crippen LogP contribution in [0.25, 0.3) is 15.9 Å². The molecule has 0 bridgehead atoms. The molecular formula is C18H17N3O3S. The van der Waals surface area contributed by atoms with E-state index in [0.29, 0.717) is 4.88 Å². The molecule has 4 rings (SSSR count). The SMILES string of the molecule is Cc1nn(-c2ccccc2)c2sc(C(=O)N(CC(=O)O)C3CC3)cc12. The van der Waals surface area contributed by atoms with E-state index in [1.807, 2.05) is 48.0 Å². The second kappa shape index (κ2) is 6.00. The summed E-state index contributed by atoms with van der Waals surface area (Å²) < 4.78 is 1.84. The number of fused-ring (bicyclic) bond motifs is 1. The van der Waals surface area contributed by atoms with Crippen molar-refractivity contribution in [1.82, 2.24) is 14.7 Å². The summed E-state index contributed by atoms with van der Waals surface area (Å²) in [6.07, 6.45) is 1.75. The number of amides is 1. The molecule has 7 heteroatoms. The highest BCUT2D eigenvalue weighted by Gasteiger charge is 2.35. The van der Waals surface area contributed by atoms with Gasteiger partial charge >= 0.3 is 5.97 Å². The lowest BCUT2D eigenvalue weighted by Crippen LogP contribution is -2.37. The number of thiophene rings is 1. The molecule has 0 radical (unpaired) electrons. The number of carbonyl (C=O) groups is 2. The standard InChI is InChI=1S/C18H17N3O3S/c1-11-14-9-15(17(24)20(10-16(22)23)12-7-8-12)25-18(14)21(19-11)13-5-3-2-4-6-13/h2-6,9,12H,7-8,10H2,1H3,(H,22,23). The van der Waals surface area contributed by atoms with Crippen LogP contribution in [-0.4, -0.2) is 44.3 Å². The van der Waals surface area contributed by atoms with Crippen LogP contribution in [0.2, 0.25) is 0 Å². The van der Waals surface area contributed by atoms with Crippen LogP contribution in [-0.2, 0) is 4.79 Å². The molecule has 2 heterocycles. The van der Waals surface area contributed by atoms with Crippen LogP contribution < -0.4 is 0 Å². The van der Waals surface area contributed by atoms with E-state index in [4.69, 9.17) is 5.11 Å². The third kappa shape index (κ3) is 2.91. The predicted octanol–water partition coefficient (Wildman–Crippen LogP) is 3.08. The first-order chi connectivity index (χ1) is 12.0. The molecule has 25 heavy (non-hydrogen) atoms. The Kier molecular flexibility index (Phi) is 3.80. The summed E-state index contributed by atoms with van der Waals surface area (Å²) >= 11 is 1.36. The maximum absolute atomic E-state index is 12.8. The van der Waals surface area contributed by atoms with Gasteiger partial charge in [-0.15, -0.1) is 11.3 Å². The van der Waals surface area contributed by atoms with E-state index in [9.17, 15) is 9.59 Å². The molecule has 0 saturated heterocycles. The van der Waals surface area contributed by atoms with Gasteiger partial charge in [0.15, 0.2) is 0 Å². The first-order valence-corrected chi connectivity index (χ1v) is 8.93. The monoisotopic (exact) mass is 355 g/mol. The van der Waals surface area contributed by atoms with Gasteiger partial charge < -0.3 is 10.0 Å². The average molecular weight is 355 g/mol. The van der Waals surface area contributed by atoms with Crippen molar-refractivity contribution in [2.24, 2.45) is 0 Å². The minimum Gasteiger partial charge on any atom is -0.480 e. The molecule has 1 saturated carbocycles. The topological polar surface area (TPSA) is 75.4 Å². The summed E-state index contributed by atoms with van der Waals surface area (Å²) in [4.78, 5) is 26.9. The summed E-state index contributed by atoms with van der Waals surface area (Å²) in [7, 11) is 0. The van der Waals surface area contributed by atoms with Gasteiger partial charge in [-0.25, -0.2) is 4.68 Å². The number of rotatable bonds is 5. The lowest BCUT2D eigenvalue weighted by molar-refractivity contribution is -0.137. The average Bonchev–Trinajstić information content (AvgIpc) is 3.27. The van der Waals surface area contributed by atoms with Gasteiger partial charge in [-0.3, -0.25) is 9.59 Å². The Morgan fingerprint density at radius 3 is 2.68 bits per heavy atom. The van der Waals surface area contributed by atoms with E-state index in [1.165, 1.54) is 16.2 Å².